The molecule has 21 heavy (non-hydrogen) atoms. The number of H-pyrrole nitrogens is 1. The summed E-state index contributed by atoms with van der Waals surface area (Å²) >= 11 is 0. The van der Waals surface area contributed by atoms with E-state index in [2.05, 4.69) is 4.98 Å². The number of amides is 1. The first kappa shape index (κ1) is 16.3. The number of carbonyl (C=O) groups excluding carboxylic acids is 1. The number of hydrogen-bond donors (Lipinski definition) is 1. The number of piperazine rings is 1. The summed E-state index contributed by atoms with van der Waals surface area (Å²) in [6.07, 6.45) is 2.26. The zero-order chi connectivity index (χ0) is 15.8. The molecule has 0 saturated carbocycles. The van der Waals surface area contributed by atoms with Crippen LogP contribution in [0.5, 0.6) is 0 Å². The minimum atomic E-state index is -3.89. The number of aromatic nitrogens is 1. The first-order chi connectivity index (χ1) is 9.59. The van der Waals surface area contributed by atoms with Crippen molar-refractivity contribution < 1.29 is 21.6 Å². The van der Waals surface area contributed by atoms with Crippen LogP contribution in [-0.2, 0) is 19.1 Å². The number of hydrogen-bond acceptors (Lipinski definition) is 5. The first-order valence-corrected chi connectivity index (χ1v) is 10.1. The zero-order valence-electron chi connectivity index (χ0n) is 11.1. The molecule has 0 bridgehead atoms. The van der Waals surface area contributed by atoms with Gasteiger partial charge in [-0.2, -0.15) is 4.31 Å². The van der Waals surface area contributed by atoms with Gasteiger partial charge in [0.15, 0.2) is 0 Å². The van der Waals surface area contributed by atoms with Crippen molar-refractivity contribution >= 4 is 35.7 Å². The van der Waals surface area contributed by atoms with Crippen molar-refractivity contribution in [2.75, 3.05) is 32.4 Å². The maximum absolute atomic E-state index is 12.2. The zero-order valence-corrected chi connectivity index (χ0v) is 13.5. The highest BCUT2D eigenvalue weighted by Gasteiger charge is 2.27. The molecule has 1 aromatic rings. The summed E-state index contributed by atoms with van der Waals surface area (Å²) < 4.78 is 46.3. The SMILES string of the molecule is CS(=O)(=O)N1CCN(C(=O)c2cc(S(=O)(=O)Cl)c[nH]2)CC1. The number of nitrogens with zero attached hydrogens (tertiary/aromatic N) is 2. The van der Waals surface area contributed by atoms with Crippen molar-refractivity contribution in [3.05, 3.63) is 18.0 Å². The summed E-state index contributed by atoms with van der Waals surface area (Å²) in [6, 6.07) is 1.16. The van der Waals surface area contributed by atoms with Crippen LogP contribution >= 0.6 is 10.7 Å². The molecule has 0 radical (unpaired) electrons. The molecule has 1 aliphatic rings. The molecule has 0 unspecified atom stereocenters. The van der Waals surface area contributed by atoms with Crippen LogP contribution in [-0.4, -0.2) is 69.4 Å². The van der Waals surface area contributed by atoms with Gasteiger partial charge in [-0.15, -0.1) is 0 Å². The number of aromatic amines is 1. The number of nitrogens with one attached hydrogen (secondary N) is 1. The van der Waals surface area contributed by atoms with Crippen LogP contribution in [0, 0.1) is 0 Å². The highest BCUT2D eigenvalue weighted by molar-refractivity contribution is 8.13. The monoisotopic (exact) mass is 355 g/mol. The number of sulfonamides is 1. The van der Waals surface area contributed by atoms with Crippen molar-refractivity contribution in [2.45, 2.75) is 4.90 Å². The minimum Gasteiger partial charge on any atom is -0.356 e. The summed E-state index contributed by atoms with van der Waals surface area (Å²) in [6.45, 7) is 0.916. The number of halogens is 1. The van der Waals surface area contributed by atoms with E-state index in [1.807, 2.05) is 0 Å². The van der Waals surface area contributed by atoms with Gasteiger partial charge in [0, 0.05) is 43.1 Å². The van der Waals surface area contributed by atoms with E-state index in [-0.39, 0.29) is 36.8 Å². The Bertz CT molecular complexity index is 747. The smallest absolute Gasteiger partial charge is 0.270 e. The van der Waals surface area contributed by atoms with Gasteiger partial charge >= 0.3 is 0 Å². The topological polar surface area (TPSA) is 108 Å². The first-order valence-electron chi connectivity index (χ1n) is 5.96. The second-order valence-electron chi connectivity index (χ2n) is 4.64. The van der Waals surface area contributed by atoms with Crippen molar-refractivity contribution in [1.82, 2.24) is 14.2 Å². The van der Waals surface area contributed by atoms with E-state index in [1.54, 1.807) is 0 Å². The lowest BCUT2D eigenvalue weighted by atomic mass is 10.3. The molecule has 1 N–H and O–H groups in total. The normalized spacial score (nSPS) is 17.9. The van der Waals surface area contributed by atoms with E-state index in [9.17, 15) is 21.6 Å². The van der Waals surface area contributed by atoms with Gasteiger partial charge in [0.05, 0.1) is 6.26 Å². The molecular weight excluding hydrogens is 342 g/mol. The van der Waals surface area contributed by atoms with Gasteiger partial charge in [-0.1, -0.05) is 0 Å². The van der Waals surface area contributed by atoms with E-state index < -0.39 is 25.0 Å². The molecule has 1 fully saturated rings. The highest BCUT2D eigenvalue weighted by Crippen LogP contribution is 2.17. The Morgan fingerprint density at radius 2 is 1.76 bits per heavy atom. The summed E-state index contributed by atoms with van der Waals surface area (Å²) in [5.74, 6) is -0.394. The second-order valence-corrected chi connectivity index (χ2v) is 9.19. The molecule has 1 aromatic heterocycles. The third-order valence-electron chi connectivity index (χ3n) is 3.16. The van der Waals surface area contributed by atoms with Gasteiger partial charge in [0.2, 0.25) is 10.0 Å². The Morgan fingerprint density at radius 1 is 1.19 bits per heavy atom. The predicted molar refractivity (Wildman–Crippen MR) is 76.2 cm³/mol. The quantitative estimate of drug-likeness (QED) is 0.746. The van der Waals surface area contributed by atoms with Crippen LogP contribution in [0.25, 0.3) is 0 Å². The Labute approximate surface area is 127 Å². The highest BCUT2D eigenvalue weighted by atomic mass is 35.7. The van der Waals surface area contributed by atoms with E-state index in [4.69, 9.17) is 10.7 Å². The van der Waals surface area contributed by atoms with Crippen molar-refractivity contribution in [1.29, 1.82) is 0 Å². The maximum atomic E-state index is 12.2. The third kappa shape index (κ3) is 3.76. The van der Waals surface area contributed by atoms with Gasteiger partial charge < -0.3 is 9.88 Å². The summed E-state index contributed by atoms with van der Waals surface area (Å²) in [4.78, 5) is 16.0. The van der Waals surface area contributed by atoms with Gasteiger partial charge in [-0.25, -0.2) is 16.8 Å². The largest absolute Gasteiger partial charge is 0.356 e. The average Bonchev–Trinajstić information content (AvgIpc) is 2.86. The molecule has 1 saturated heterocycles. The predicted octanol–water partition coefficient (Wildman–Crippen LogP) is -0.340. The van der Waals surface area contributed by atoms with Crippen LogP contribution in [0.4, 0.5) is 0 Å². The molecular formula is C10H14ClN3O5S2. The van der Waals surface area contributed by atoms with E-state index >= 15 is 0 Å². The van der Waals surface area contributed by atoms with Crippen molar-refractivity contribution in [2.24, 2.45) is 0 Å². The molecule has 0 atom stereocenters. The van der Waals surface area contributed by atoms with Crippen LogP contribution < -0.4 is 0 Å². The standard InChI is InChI=1S/C10H14ClN3O5S2/c1-20(16,17)14-4-2-13(3-5-14)10(15)9-6-8(7-12-9)21(11,18)19/h6-7,12H,2-5H2,1H3. The van der Waals surface area contributed by atoms with Gasteiger partial charge in [0.1, 0.15) is 10.6 Å². The van der Waals surface area contributed by atoms with Crippen LogP contribution in [0.15, 0.2) is 17.2 Å². The Kier molecular flexibility index (Phi) is 4.34. The second kappa shape index (κ2) is 5.59. The van der Waals surface area contributed by atoms with Crippen LogP contribution in [0.2, 0.25) is 0 Å². The lowest BCUT2D eigenvalue weighted by molar-refractivity contribution is 0.0693. The minimum absolute atomic E-state index is 0.0991. The third-order valence-corrected chi connectivity index (χ3v) is 5.80. The average molecular weight is 356 g/mol. The van der Waals surface area contributed by atoms with Gasteiger partial charge in [0.25, 0.3) is 15.0 Å². The maximum Gasteiger partial charge on any atom is 0.270 e. The summed E-state index contributed by atoms with van der Waals surface area (Å²) in [5.41, 5.74) is 0.0991. The van der Waals surface area contributed by atoms with Gasteiger partial charge in [-0.3, -0.25) is 4.79 Å². The molecule has 1 amide bonds. The summed E-state index contributed by atoms with van der Waals surface area (Å²) in [7, 11) is -1.97. The Morgan fingerprint density at radius 3 is 2.19 bits per heavy atom. The van der Waals surface area contributed by atoms with Crippen LogP contribution in [0.1, 0.15) is 10.5 Å². The molecule has 11 heteroatoms. The lowest BCUT2D eigenvalue weighted by Gasteiger charge is -2.32. The molecule has 118 valence electrons. The number of rotatable bonds is 3. The van der Waals surface area contributed by atoms with E-state index in [0.29, 0.717) is 0 Å². The number of carbonyl (C=O) groups is 1. The molecule has 0 aromatic carbocycles. The fourth-order valence-electron chi connectivity index (χ4n) is 2.03. The molecule has 0 spiro atoms. The van der Waals surface area contributed by atoms with E-state index in [0.717, 1.165) is 18.5 Å². The Balaban J connectivity index is 2.07. The van der Waals surface area contributed by atoms with E-state index in [1.165, 1.54) is 9.21 Å². The molecule has 2 rings (SSSR count). The van der Waals surface area contributed by atoms with Crippen molar-refractivity contribution in [3.63, 3.8) is 0 Å². The lowest BCUT2D eigenvalue weighted by Crippen LogP contribution is -2.50. The van der Waals surface area contributed by atoms with Crippen molar-refractivity contribution in [3.8, 4) is 0 Å². The molecule has 1 aliphatic heterocycles. The van der Waals surface area contributed by atoms with Crippen LogP contribution in [0.3, 0.4) is 0 Å². The molecule has 0 aliphatic carbocycles. The fourth-order valence-corrected chi connectivity index (χ4v) is 3.58. The fraction of sp³-hybridized carbons (Fsp3) is 0.500. The molecule has 8 nitrogen and oxygen atoms in total. The van der Waals surface area contributed by atoms with Gasteiger partial charge in [-0.05, 0) is 6.07 Å². The molecule has 2 heterocycles. The summed E-state index contributed by atoms with van der Waals surface area (Å²) in [5, 5.41) is 0. The Hall–Kier alpha value is -1.10.